The lowest BCUT2D eigenvalue weighted by atomic mass is 9.98. The number of carbonyl (C=O) groups is 2. The van der Waals surface area contributed by atoms with Gasteiger partial charge in [0.2, 0.25) is 0 Å². The summed E-state index contributed by atoms with van der Waals surface area (Å²) in [6.45, 7) is 3.21. The lowest BCUT2D eigenvalue weighted by Gasteiger charge is -2.19. The fraction of sp³-hybridized carbons (Fsp3) is 0.406. The van der Waals surface area contributed by atoms with Crippen LogP contribution in [0.5, 0.6) is 0 Å². The van der Waals surface area contributed by atoms with Crippen LogP contribution in [-0.2, 0) is 16.1 Å². The zero-order valence-electron chi connectivity index (χ0n) is 23.2. The van der Waals surface area contributed by atoms with Crippen LogP contribution in [0.4, 0.5) is 5.69 Å². The summed E-state index contributed by atoms with van der Waals surface area (Å²) < 4.78 is 5.57. The van der Waals surface area contributed by atoms with E-state index in [1.54, 1.807) is 18.0 Å². The van der Waals surface area contributed by atoms with Crippen molar-refractivity contribution in [3.8, 4) is 11.1 Å². The lowest BCUT2D eigenvalue weighted by Crippen LogP contribution is -2.42. The molecule has 1 unspecified atom stereocenters. The Morgan fingerprint density at radius 3 is 2.51 bits per heavy atom. The minimum Gasteiger partial charge on any atom is -0.464 e. The Labute approximate surface area is 237 Å². The van der Waals surface area contributed by atoms with E-state index in [2.05, 4.69) is 22.5 Å². The molecule has 0 radical (unpaired) electrons. The molecule has 1 heterocycles. The molecule has 6 nitrogen and oxygen atoms in total. The summed E-state index contributed by atoms with van der Waals surface area (Å²) in [6.07, 6.45) is 12.8. The normalized spacial score (nSPS) is 11.5. The van der Waals surface area contributed by atoms with Gasteiger partial charge in [0.25, 0.3) is 5.91 Å². The topological polar surface area (TPSA) is 80.3 Å². The molecule has 1 amide bonds. The van der Waals surface area contributed by atoms with Crippen LogP contribution >= 0.6 is 11.8 Å². The van der Waals surface area contributed by atoms with Crippen molar-refractivity contribution in [2.45, 2.75) is 64.5 Å². The van der Waals surface area contributed by atoms with Gasteiger partial charge in [0.15, 0.2) is 0 Å². The number of nitrogens with zero attached hydrogens (tertiary/aromatic N) is 1. The Balaban J connectivity index is 1.70. The van der Waals surface area contributed by atoms with Crippen molar-refractivity contribution in [1.29, 1.82) is 0 Å². The van der Waals surface area contributed by atoms with Gasteiger partial charge in [0.05, 0.1) is 6.61 Å². The van der Waals surface area contributed by atoms with Crippen LogP contribution in [0.1, 0.15) is 67.8 Å². The second-order valence-electron chi connectivity index (χ2n) is 9.58. The van der Waals surface area contributed by atoms with Crippen LogP contribution in [0.15, 0.2) is 73.1 Å². The second kappa shape index (κ2) is 17.3. The summed E-state index contributed by atoms with van der Waals surface area (Å²) in [5.74, 6) is 0.108. The zero-order valence-corrected chi connectivity index (χ0v) is 24.0. The molecule has 0 aliphatic carbocycles. The van der Waals surface area contributed by atoms with E-state index in [0.29, 0.717) is 25.1 Å². The van der Waals surface area contributed by atoms with Gasteiger partial charge in [-0.25, -0.2) is 4.79 Å². The molecule has 39 heavy (non-hydrogen) atoms. The molecule has 2 N–H and O–H groups in total. The predicted octanol–water partition coefficient (Wildman–Crippen LogP) is 7.12. The highest BCUT2D eigenvalue weighted by molar-refractivity contribution is 7.98. The number of anilines is 1. The van der Waals surface area contributed by atoms with E-state index in [-0.39, 0.29) is 11.9 Å². The van der Waals surface area contributed by atoms with E-state index in [9.17, 15) is 9.59 Å². The van der Waals surface area contributed by atoms with Gasteiger partial charge in [-0.1, -0.05) is 75.4 Å². The first-order chi connectivity index (χ1) is 19.1. The first kappa shape index (κ1) is 30.2. The Morgan fingerprint density at radius 2 is 1.77 bits per heavy atom. The summed E-state index contributed by atoms with van der Waals surface area (Å²) in [5, 5.41) is 6.39. The molecule has 3 rings (SSSR count). The molecule has 0 aliphatic heterocycles. The van der Waals surface area contributed by atoms with E-state index >= 15 is 0 Å². The van der Waals surface area contributed by atoms with Crippen molar-refractivity contribution in [2.75, 3.05) is 23.9 Å². The minimum atomic E-state index is -0.683. The number of thioether (sulfide) groups is 1. The number of aromatic nitrogens is 1. The molecule has 0 fully saturated rings. The molecule has 3 aromatic rings. The van der Waals surface area contributed by atoms with Crippen LogP contribution in [0.2, 0.25) is 0 Å². The van der Waals surface area contributed by atoms with Gasteiger partial charge >= 0.3 is 5.97 Å². The molecule has 0 saturated heterocycles. The van der Waals surface area contributed by atoms with Crippen molar-refractivity contribution in [1.82, 2.24) is 10.3 Å². The van der Waals surface area contributed by atoms with Crippen LogP contribution in [0, 0.1) is 0 Å². The Bertz CT molecular complexity index is 1140. The van der Waals surface area contributed by atoms with Crippen LogP contribution in [0.3, 0.4) is 0 Å². The van der Waals surface area contributed by atoms with Gasteiger partial charge < -0.3 is 15.4 Å². The SMILES string of the molecule is CCCCCCCCOC(=O)C(CCSC)NC(=O)c1ccc(NCc2cccnc2)cc1-c1ccccc1. The number of hydrogen-bond donors (Lipinski definition) is 2. The first-order valence-electron chi connectivity index (χ1n) is 13.9. The number of rotatable bonds is 17. The number of pyridine rings is 1. The van der Waals surface area contributed by atoms with Crippen molar-refractivity contribution in [2.24, 2.45) is 0 Å². The molecule has 1 aromatic heterocycles. The standard InChI is InChI=1S/C32H41N3O3S/c1-3-4-5-6-7-11-20-38-32(37)30(18-21-39-2)35-31(36)28-17-16-27(34-24-25-13-12-19-33-23-25)22-29(28)26-14-9-8-10-15-26/h8-10,12-17,19,22-23,30,34H,3-7,11,18,20-21,24H2,1-2H3,(H,35,36). The third-order valence-electron chi connectivity index (χ3n) is 6.51. The number of esters is 1. The molecular weight excluding hydrogens is 506 g/mol. The summed E-state index contributed by atoms with van der Waals surface area (Å²) in [7, 11) is 0. The number of carbonyl (C=O) groups excluding carboxylic acids is 2. The number of unbranched alkanes of at least 4 members (excludes halogenated alkanes) is 5. The van der Waals surface area contributed by atoms with Crippen molar-refractivity contribution < 1.29 is 14.3 Å². The lowest BCUT2D eigenvalue weighted by molar-refractivity contribution is -0.146. The highest BCUT2D eigenvalue weighted by Gasteiger charge is 2.24. The van der Waals surface area contributed by atoms with Crippen molar-refractivity contribution in [3.63, 3.8) is 0 Å². The van der Waals surface area contributed by atoms with Gasteiger partial charge in [-0.05, 0) is 65.8 Å². The van der Waals surface area contributed by atoms with Crippen molar-refractivity contribution in [3.05, 3.63) is 84.2 Å². The molecule has 0 aliphatic rings. The first-order valence-corrected chi connectivity index (χ1v) is 15.3. The Hall–Kier alpha value is -3.32. The fourth-order valence-electron chi connectivity index (χ4n) is 4.29. The molecular formula is C32H41N3O3S. The number of hydrogen-bond acceptors (Lipinski definition) is 6. The summed E-state index contributed by atoms with van der Waals surface area (Å²) in [4.78, 5) is 30.6. The summed E-state index contributed by atoms with van der Waals surface area (Å²) in [6, 6.07) is 18.8. The Morgan fingerprint density at radius 1 is 0.974 bits per heavy atom. The van der Waals surface area contributed by atoms with Crippen LogP contribution in [0.25, 0.3) is 11.1 Å². The van der Waals surface area contributed by atoms with Gasteiger partial charge in [-0.15, -0.1) is 0 Å². The average Bonchev–Trinajstić information content (AvgIpc) is 2.98. The van der Waals surface area contributed by atoms with E-state index in [4.69, 9.17) is 4.74 Å². The number of benzene rings is 2. The maximum Gasteiger partial charge on any atom is 0.328 e. The highest BCUT2D eigenvalue weighted by atomic mass is 32.2. The zero-order chi connectivity index (χ0) is 27.7. The molecule has 0 spiro atoms. The van der Waals surface area contributed by atoms with E-state index in [1.165, 1.54) is 19.3 Å². The second-order valence-corrected chi connectivity index (χ2v) is 10.6. The number of amides is 1. The van der Waals surface area contributed by atoms with Crippen LogP contribution in [-0.4, -0.2) is 41.5 Å². The molecule has 7 heteroatoms. The predicted molar refractivity (Wildman–Crippen MR) is 162 cm³/mol. The van der Waals surface area contributed by atoms with Gasteiger partial charge in [0, 0.05) is 30.2 Å². The van der Waals surface area contributed by atoms with Gasteiger partial charge in [0.1, 0.15) is 6.04 Å². The molecule has 0 saturated carbocycles. The fourth-order valence-corrected chi connectivity index (χ4v) is 4.76. The highest BCUT2D eigenvalue weighted by Crippen LogP contribution is 2.28. The van der Waals surface area contributed by atoms with E-state index in [1.807, 2.05) is 73.1 Å². The maximum absolute atomic E-state index is 13.5. The monoisotopic (exact) mass is 547 g/mol. The maximum atomic E-state index is 13.5. The van der Waals surface area contributed by atoms with Crippen molar-refractivity contribution >= 4 is 29.3 Å². The molecule has 1 atom stereocenters. The Kier molecular flexibility index (Phi) is 13.4. The quantitative estimate of drug-likeness (QED) is 0.138. The van der Waals surface area contributed by atoms with E-state index in [0.717, 1.165) is 47.4 Å². The minimum absolute atomic E-state index is 0.282. The smallest absolute Gasteiger partial charge is 0.328 e. The number of ether oxygens (including phenoxy) is 1. The summed E-state index contributed by atoms with van der Waals surface area (Å²) >= 11 is 1.64. The van der Waals surface area contributed by atoms with Gasteiger partial charge in [-0.3, -0.25) is 9.78 Å². The molecule has 0 bridgehead atoms. The molecule has 208 valence electrons. The average molecular weight is 548 g/mol. The third-order valence-corrected chi connectivity index (χ3v) is 7.16. The largest absolute Gasteiger partial charge is 0.464 e. The van der Waals surface area contributed by atoms with E-state index < -0.39 is 6.04 Å². The van der Waals surface area contributed by atoms with Crippen LogP contribution < -0.4 is 10.6 Å². The summed E-state index contributed by atoms with van der Waals surface area (Å²) in [5.41, 5.74) is 4.21. The number of nitrogens with one attached hydrogen (secondary N) is 2. The third kappa shape index (κ3) is 10.4. The molecule has 2 aromatic carbocycles. The van der Waals surface area contributed by atoms with Gasteiger partial charge in [-0.2, -0.15) is 11.8 Å².